The summed E-state index contributed by atoms with van der Waals surface area (Å²) < 4.78 is 0. The van der Waals surface area contributed by atoms with E-state index in [4.69, 9.17) is 16.6 Å². The van der Waals surface area contributed by atoms with Gasteiger partial charge in [0.1, 0.15) is 0 Å². The Morgan fingerprint density at radius 3 is 2.67 bits per heavy atom. The molecule has 1 aliphatic rings. The Bertz CT molecular complexity index is 405. The van der Waals surface area contributed by atoms with Crippen LogP contribution in [0.25, 0.3) is 0 Å². The Labute approximate surface area is 104 Å². The zero-order valence-electron chi connectivity index (χ0n) is 10.1. The van der Waals surface area contributed by atoms with E-state index < -0.39 is 29.9 Å². The largest absolute Gasteiger partial charge is 0.479 e. The van der Waals surface area contributed by atoms with Crippen LogP contribution in [0.1, 0.15) is 19.8 Å². The fourth-order valence-electron chi connectivity index (χ4n) is 1.88. The first-order valence-corrected chi connectivity index (χ1v) is 5.58. The van der Waals surface area contributed by atoms with Crippen LogP contribution in [0.5, 0.6) is 0 Å². The third kappa shape index (κ3) is 3.07. The predicted octanol–water partition coefficient (Wildman–Crippen LogP) is -1.18. The van der Waals surface area contributed by atoms with Crippen molar-refractivity contribution in [3.05, 3.63) is 11.6 Å². The van der Waals surface area contributed by atoms with E-state index in [0.717, 1.165) is 0 Å². The zero-order chi connectivity index (χ0) is 13.9. The van der Waals surface area contributed by atoms with Crippen LogP contribution in [0.15, 0.2) is 11.6 Å². The molecule has 1 rings (SSSR count). The maximum absolute atomic E-state index is 12.0. The maximum Gasteiger partial charge on any atom is 0.330 e. The number of rotatable bonds is 5. The highest BCUT2D eigenvalue weighted by molar-refractivity contribution is 5.90. The first-order chi connectivity index (χ1) is 8.34. The second kappa shape index (κ2) is 5.63. The molecule has 100 valence electrons. The van der Waals surface area contributed by atoms with Crippen molar-refractivity contribution in [2.24, 2.45) is 11.5 Å². The van der Waals surface area contributed by atoms with Crippen molar-refractivity contribution >= 4 is 17.8 Å². The van der Waals surface area contributed by atoms with Crippen molar-refractivity contribution in [1.29, 1.82) is 0 Å². The normalized spacial score (nSPS) is 20.4. The summed E-state index contributed by atoms with van der Waals surface area (Å²) in [6, 6.07) is -1.87. The molecule has 1 heterocycles. The number of nitrogens with zero attached hydrogens (tertiary/aromatic N) is 1. The molecule has 0 saturated carbocycles. The molecule has 0 saturated heterocycles. The van der Waals surface area contributed by atoms with Gasteiger partial charge in [0.2, 0.25) is 11.8 Å². The Balaban J connectivity index is 2.67. The van der Waals surface area contributed by atoms with Gasteiger partial charge in [0.05, 0.1) is 6.04 Å². The topological polar surface area (TPSA) is 127 Å². The molecule has 0 bridgehead atoms. The Morgan fingerprint density at radius 1 is 1.56 bits per heavy atom. The van der Waals surface area contributed by atoms with Gasteiger partial charge in [-0.15, -0.1) is 0 Å². The van der Waals surface area contributed by atoms with Crippen LogP contribution in [0, 0.1) is 0 Å². The molecule has 0 aliphatic carbocycles. The van der Waals surface area contributed by atoms with E-state index in [9.17, 15) is 14.4 Å². The number of nitrogens with two attached hydrogens (primary N) is 2. The van der Waals surface area contributed by atoms with Crippen molar-refractivity contribution in [2.75, 3.05) is 6.54 Å². The van der Waals surface area contributed by atoms with Gasteiger partial charge < -0.3 is 21.5 Å². The van der Waals surface area contributed by atoms with Crippen LogP contribution < -0.4 is 11.5 Å². The lowest BCUT2D eigenvalue weighted by Gasteiger charge is -2.25. The van der Waals surface area contributed by atoms with Gasteiger partial charge in [0.25, 0.3) is 0 Å². The number of carboxylic acids is 1. The third-order valence-electron chi connectivity index (χ3n) is 2.89. The number of hydrogen-bond acceptors (Lipinski definition) is 4. The molecule has 0 radical (unpaired) electrons. The van der Waals surface area contributed by atoms with Gasteiger partial charge in [0, 0.05) is 13.0 Å². The van der Waals surface area contributed by atoms with E-state index in [0.29, 0.717) is 5.57 Å². The molecule has 7 nitrogen and oxygen atoms in total. The van der Waals surface area contributed by atoms with Crippen LogP contribution in [0.3, 0.4) is 0 Å². The lowest BCUT2D eigenvalue weighted by atomic mass is 10.1. The van der Waals surface area contributed by atoms with Crippen LogP contribution in [0.4, 0.5) is 0 Å². The van der Waals surface area contributed by atoms with Crippen molar-refractivity contribution < 1.29 is 19.5 Å². The molecule has 7 heteroatoms. The fourth-order valence-corrected chi connectivity index (χ4v) is 1.88. The van der Waals surface area contributed by atoms with E-state index in [2.05, 4.69) is 0 Å². The Hall–Kier alpha value is -1.89. The molecule has 2 amide bonds. The number of carbonyl (C=O) groups is 3. The third-order valence-corrected chi connectivity index (χ3v) is 2.89. The van der Waals surface area contributed by atoms with Gasteiger partial charge in [-0.1, -0.05) is 6.08 Å². The SMILES string of the molecule is CC1=CCN(C(=O)[C@@H](N)CCC(N)=O)C1C(=O)O. The highest BCUT2D eigenvalue weighted by atomic mass is 16.4. The molecule has 1 unspecified atom stereocenters. The van der Waals surface area contributed by atoms with E-state index in [-0.39, 0.29) is 19.4 Å². The Morgan fingerprint density at radius 2 is 2.17 bits per heavy atom. The minimum Gasteiger partial charge on any atom is -0.479 e. The van der Waals surface area contributed by atoms with Crippen molar-refractivity contribution in [3.63, 3.8) is 0 Å². The van der Waals surface area contributed by atoms with E-state index >= 15 is 0 Å². The number of carbonyl (C=O) groups excluding carboxylic acids is 2. The quantitative estimate of drug-likeness (QED) is 0.533. The summed E-state index contributed by atoms with van der Waals surface area (Å²) in [5, 5.41) is 9.05. The highest BCUT2D eigenvalue weighted by Gasteiger charge is 2.36. The molecule has 5 N–H and O–H groups in total. The molecule has 0 aromatic carbocycles. The van der Waals surface area contributed by atoms with Crippen LogP contribution in [-0.2, 0) is 14.4 Å². The van der Waals surface area contributed by atoms with Crippen molar-refractivity contribution in [1.82, 2.24) is 4.90 Å². The zero-order valence-corrected chi connectivity index (χ0v) is 10.1. The number of hydrogen-bond donors (Lipinski definition) is 3. The van der Waals surface area contributed by atoms with Gasteiger partial charge in [-0.3, -0.25) is 9.59 Å². The van der Waals surface area contributed by atoms with Crippen molar-refractivity contribution in [3.8, 4) is 0 Å². The van der Waals surface area contributed by atoms with E-state index in [1.807, 2.05) is 0 Å². The Kier molecular flexibility index (Phi) is 4.43. The first kappa shape index (κ1) is 14.2. The fraction of sp³-hybridized carbons (Fsp3) is 0.545. The van der Waals surface area contributed by atoms with Gasteiger partial charge >= 0.3 is 5.97 Å². The summed E-state index contributed by atoms with van der Waals surface area (Å²) >= 11 is 0. The molecule has 2 atom stereocenters. The molecule has 1 aliphatic heterocycles. The van der Waals surface area contributed by atoms with Gasteiger partial charge in [-0.2, -0.15) is 0 Å². The molecule has 0 spiro atoms. The average Bonchev–Trinajstić information content (AvgIpc) is 2.66. The highest BCUT2D eigenvalue weighted by Crippen LogP contribution is 2.19. The summed E-state index contributed by atoms with van der Waals surface area (Å²) in [7, 11) is 0. The smallest absolute Gasteiger partial charge is 0.330 e. The second-order valence-electron chi connectivity index (χ2n) is 4.29. The minimum absolute atomic E-state index is 0.00486. The van der Waals surface area contributed by atoms with Crippen LogP contribution >= 0.6 is 0 Å². The number of primary amides is 1. The number of carboxylic acid groups (broad SMARTS) is 1. The lowest BCUT2D eigenvalue weighted by molar-refractivity contribution is -0.148. The first-order valence-electron chi connectivity index (χ1n) is 5.58. The van der Waals surface area contributed by atoms with Crippen LogP contribution in [-0.4, -0.2) is 46.4 Å². The predicted molar refractivity (Wildman–Crippen MR) is 63.3 cm³/mol. The van der Waals surface area contributed by atoms with Gasteiger partial charge in [-0.25, -0.2) is 4.79 Å². The number of aliphatic carboxylic acids is 1. The summed E-state index contributed by atoms with van der Waals surface area (Å²) in [6.07, 6.45) is 1.80. The standard InChI is InChI=1S/C11H17N3O4/c1-6-4-5-14(9(6)11(17)18)10(16)7(12)2-3-8(13)15/h4,7,9H,2-3,5,12H2,1H3,(H2,13,15)(H,17,18)/t7-,9?/m0/s1. The number of amides is 2. The molecule has 0 aromatic rings. The van der Waals surface area contributed by atoms with Gasteiger partial charge in [-0.05, 0) is 18.9 Å². The average molecular weight is 255 g/mol. The van der Waals surface area contributed by atoms with Gasteiger partial charge in [0.15, 0.2) is 6.04 Å². The van der Waals surface area contributed by atoms with Crippen molar-refractivity contribution in [2.45, 2.75) is 31.8 Å². The summed E-state index contributed by atoms with van der Waals surface area (Å²) in [5.41, 5.74) is 11.2. The van der Waals surface area contributed by atoms with E-state index in [1.54, 1.807) is 13.0 Å². The maximum atomic E-state index is 12.0. The molecule has 18 heavy (non-hydrogen) atoms. The molecular formula is C11H17N3O4. The van der Waals surface area contributed by atoms with Crippen LogP contribution in [0.2, 0.25) is 0 Å². The summed E-state index contributed by atoms with van der Waals surface area (Å²) in [5.74, 6) is -2.10. The monoisotopic (exact) mass is 255 g/mol. The molecular weight excluding hydrogens is 238 g/mol. The minimum atomic E-state index is -1.09. The molecule has 0 fully saturated rings. The molecule has 0 aromatic heterocycles. The summed E-state index contributed by atoms with van der Waals surface area (Å²) in [4.78, 5) is 34.8. The lowest BCUT2D eigenvalue weighted by Crippen LogP contribution is -2.49. The van der Waals surface area contributed by atoms with E-state index in [1.165, 1.54) is 4.90 Å². The summed E-state index contributed by atoms with van der Waals surface area (Å²) in [6.45, 7) is 1.88. The second-order valence-corrected chi connectivity index (χ2v) is 4.29.